The van der Waals surface area contributed by atoms with Crippen LogP contribution in [0.5, 0.6) is 11.5 Å². The van der Waals surface area contributed by atoms with Crippen LogP contribution in [0.25, 0.3) is 5.57 Å². The van der Waals surface area contributed by atoms with Crippen LogP contribution in [0.4, 0.5) is 0 Å². The molecule has 7 heteroatoms. The van der Waals surface area contributed by atoms with Crippen molar-refractivity contribution in [2.75, 3.05) is 6.61 Å². The number of ether oxygens (including phenoxy) is 2. The van der Waals surface area contributed by atoms with Crippen LogP contribution in [-0.2, 0) is 19.6 Å². The second-order valence-corrected chi connectivity index (χ2v) is 10.9. The van der Waals surface area contributed by atoms with E-state index >= 15 is 0 Å². The Labute approximate surface area is 241 Å². The molecule has 0 bridgehead atoms. The van der Waals surface area contributed by atoms with E-state index in [0.717, 1.165) is 43.2 Å². The third kappa shape index (κ3) is 6.50. The summed E-state index contributed by atoms with van der Waals surface area (Å²) in [6.45, 7) is 2.81. The standard InChI is InChI=1S/C33H36ClN3O3/c1-2-26(20-38)37-19-25-14-30(34)33(15-32(25)39-21-23-13-22(16-35)17-36-18-23)40-31-12-11-28-27(9-6-10-29(28)31)24-7-4-3-5-8-24/h6-7,9-10,13-15,17-18,26,31,37-38H,2-5,8,11-12,19-21H2,1H3/t26-,31+/m1/s1. The number of nitrogens with one attached hydrogen (secondary N) is 1. The summed E-state index contributed by atoms with van der Waals surface area (Å²) < 4.78 is 12.8. The first-order chi connectivity index (χ1) is 19.6. The molecular formula is C33H36ClN3O3. The molecule has 1 heterocycles. The maximum absolute atomic E-state index is 9.64. The molecule has 0 saturated carbocycles. The second-order valence-electron chi connectivity index (χ2n) is 10.5. The summed E-state index contributed by atoms with van der Waals surface area (Å²) in [5, 5.41) is 22.8. The third-order valence-corrected chi connectivity index (χ3v) is 8.14. The highest BCUT2D eigenvalue weighted by molar-refractivity contribution is 6.32. The number of hydrogen-bond donors (Lipinski definition) is 2. The fourth-order valence-corrected chi connectivity index (χ4v) is 5.83. The van der Waals surface area contributed by atoms with Crippen LogP contribution in [0.1, 0.15) is 84.9 Å². The minimum atomic E-state index is -0.0798. The number of halogens is 1. The summed E-state index contributed by atoms with van der Waals surface area (Å²) in [5.74, 6) is 1.22. The van der Waals surface area contributed by atoms with Crippen LogP contribution in [0.3, 0.4) is 0 Å². The van der Waals surface area contributed by atoms with E-state index in [4.69, 9.17) is 21.1 Å². The summed E-state index contributed by atoms with van der Waals surface area (Å²) in [6, 6.07) is 14.2. The van der Waals surface area contributed by atoms with Crippen LogP contribution in [0, 0.1) is 11.3 Å². The lowest BCUT2D eigenvalue weighted by Gasteiger charge is -2.21. The minimum Gasteiger partial charge on any atom is -0.488 e. The predicted octanol–water partition coefficient (Wildman–Crippen LogP) is 7.07. The van der Waals surface area contributed by atoms with Gasteiger partial charge in [-0.3, -0.25) is 4.98 Å². The fraction of sp³-hybridized carbons (Fsp3) is 0.394. The number of nitriles is 1. The monoisotopic (exact) mass is 557 g/mol. The molecule has 2 aliphatic carbocycles. The highest BCUT2D eigenvalue weighted by atomic mass is 35.5. The van der Waals surface area contributed by atoms with Crippen molar-refractivity contribution in [3.63, 3.8) is 0 Å². The van der Waals surface area contributed by atoms with Crippen molar-refractivity contribution in [3.8, 4) is 17.6 Å². The Balaban J connectivity index is 1.40. The van der Waals surface area contributed by atoms with Gasteiger partial charge in [0, 0.05) is 42.2 Å². The van der Waals surface area contributed by atoms with Gasteiger partial charge in [0.25, 0.3) is 0 Å². The number of aromatic nitrogens is 1. The second kappa shape index (κ2) is 13.3. The van der Waals surface area contributed by atoms with Crippen LogP contribution >= 0.6 is 11.6 Å². The fourth-order valence-electron chi connectivity index (χ4n) is 5.60. The molecule has 2 aliphatic rings. The Hall–Kier alpha value is -3.37. The van der Waals surface area contributed by atoms with E-state index in [-0.39, 0.29) is 25.4 Å². The number of rotatable bonds is 11. The van der Waals surface area contributed by atoms with Gasteiger partial charge in [-0.2, -0.15) is 5.26 Å². The number of pyridine rings is 1. The van der Waals surface area contributed by atoms with E-state index < -0.39 is 0 Å². The molecule has 0 radical (unpaired) electrons. The van der Waals surface area contributed by atoms with Gasteiger partial charge in [0.1, 0.15) is 30.3 Å². The van der Waals surface area contributed by atoms with Gasteiger partial charge in [-0.25, -0.2) is 0 Å². The number of nitrogens with zero attached hydrogens (tertiary/aromatic N) is 2. The summed E-state index contributed by atoms with van der Waals surface area (Å²) in [4.78, 5) is 4.14. The van der Waals surface area contributed by atoms with Crippen molar-refractivity contribution in [1.29, 1.82) is 5.26 Å². The summed E-state index contributed by atoms with van der Waals surface area (Å²) in [7, 11) is 0. The highest BCUT2D eigenvalue weighted by Gasteiger charge is 2.28. The first-order valence-corrected chi connectivity index (χ1v) is 14.6. The van der Waals surface area contributed by atoms with Gasteiger partial charge >= 0.3 is 0 Å². The maximum atomic E-state index is 9.64. The van der Waals surface area contributed by atoms with Crippen molar-refractivity contribution in [2.45, 2.75) is 77.2 Å². The van der Waals surface area contributed by atoms with Crippen LogP contribution in [0.2, 0.25) is 5.02 Å². The van der Waals surface area contributed by atoms with Crippen molar-refractivity contribution >= 4 is 17.2 Å². The molecule has 0 saturated heterocycles. The van der Waals surface area contributed by atoms with Crippen molar-refractivity contribution in [1.82, 2.24) is 10.3 Å². The van der Waals surface area contributed by atoms with Gasteiger partial charge < -0.3 is 19.9 Å². The maximum Gasteiger partial charge on any atom is 0.142 e. The van der Waals surface area contributed by atoms with Crippen LogP contribution in [-0.4, -0.2) is 22.7 Å². The SMILES string of the molecule is CC[C@H](CO)NCc1cc(Cl)c(O[C@H]2CCc3c(C4=CCCCC4)cccc32)cc1OCc1cncc(C#N)c1. The third-order valence-electron chi connectivity index (χ3n) is 7.85. The highest BCUT2D eigenvalue weighted by Crippen LogP contribution is 2.43. The van der Waals surface area contributed by atoms with Gasteiger partial charge in [-0.1, -0.05) is 42.8 Å². The molecule has 2 N–H and O–H groups in total. The molecule has 3 aromatic rings. The first-order valence-electron chi connectivity index (χ1n) is 14.2. The lowest BCUT2D eigenvalue weighted by atomic mass is 9.89. The van der Waals surface area contributed by atoms with Gasteiger partial charge in [-0.15, -0.1) is 0 Å². The van der Waals surface area contributed by atoms with E-state index in [0.29, 0.717) is 28.6 Å². The molecule has 2 aromatic carbocycles. The molecule has 0 spiro atoms. The summed E-state index contributed by atoms with van der Waals surface area (Å²) in [5.41, 5.74) is 7.63. The molecule has 0 aliphatic heterocycles. The Morgan fingerprint density at radius 2 is 2.08 bits per heavy atom. The van der Waals surface area contributed by atoms with Gasteiger partial charge in [0.05, 0.1) is 17.2 Å². The van der Waals surface area contributed by atoms with E-state index in [9.17, 15) is 10.4 Å². The van der Waals surface area contributed by atoms with E-state index in [2.05, 4.69) is 40.6 Å². The average molecular weight is 558 g/mol. The molecule has 5 rings (SSSR count). The van der Waals surface area contributed by atoms with Gasteiger partial charge in [0.15, 0.2) is 0 Å². The van der Waals surface area contributed by atoms with E-state index in [1.165, 1.54) is 41.3 Å². The Morgan fingerprint density at radius 1 is 1.18 bits per heavy atom. The molecule has 0 fully saturated rings. The number of benzene rings is 2. The van der Waals surface area contributed by atoms with Crippen LogP contribution in [0.15, 0.2) is 54.9 Å². The zero-order valence-corrected chi connectivity index (χ0v) is 23.7. The molecule has 40 heavy (non-hydrogen) atoms. The zero-order chi connectivity index (χ0) is 27.9. The Bertz CT molecular complexity index is 1410. The van der Waals surface area contributed by atoms with Crippen molar-refractivity contribution < 1.29 is 14.6 Å². The van der Waals surface area contributed by atoms with E-state index in [1.807, 2.05) is 19.1 Å². The molecule has 2 atom stereocenters. The molecule has 0 amide bonds. The predicted molar refractivity (Wildman–Crippen MR) is 157 cm³/mol. The normalized spacial score (nSPS) is 17.1. The lowest BCUT2D eigenvalue weighted by Crippen LogP contribution is -2.31. The van der Waals surface area contributed by atoms with Crippen molar-refractivity contribution in [2.24, 2.45) is 0 Å². The van der Waals surface area contributed by atoms with Gasteiger partial charge in [0.2, 0.25) is 0 Å². The molecule has 6 nitrogen and oxygen atoms in total. The van der Waals surface area contributed by atoms with Gasteiger partial charge in [-0.05, 0) is 79.3 Å². The Kier molecular flexibility index (Phi) is 9.38. The van der Waals surface area contributed by atoms with Crippen LogP contribution < -0.4 is 14.8 Å². The minimum absolute atomic E-state index is 0.0254. The summed E-state index contributed by atoms with van der Waals surface area (Å²) in [6.07, 6.45) is 13.1. The Morgan fingerprint density at radius 3 is 2.85 bits per heavy atom. The largest absolute Gasteiger partial charge is 0.488 e. The molecule has 0 unspecified atom stereocenters. The summed E-state index contributed by atoms with van der Waals surface area (Å²) >= 11 is 6.79. The zero-order valence-electron chi connectivity index (χ0n) is 23.0. The number of allylic oxidation sites excluding steroid dienone is 2. The van der Waals surface area contributed by atoms with Crippen molar-refractivity contribution in [3.05, 3.63) is 93.3 Å². The number of aliphatic hydroxyl groups is 1. The number of aliphatic hydroxyl groups excluding tert-OH is 1. The molecule has 1 aromatic heterocycles. The number of hydrogen-bond acceptors (Lipinski definition) is 6. The molecular weight excluding hydrogens is 522 g/mol. The lowest BCUT2D eigenvalue weighted by molar-refractivity contribution is 0.205. The average Bonchev–Trinajstić information content (AvgIpc) is 3.41. The quantitative estimate of drug-likeness (QED) is 0.262. The molecule has 208 valence electrons. The first kappa shape index (κ1) is 28.2. The smallest absolute Gasteiger partial charge is 0.142 e. The topological polar surface area (TPSA) is 87.4 Å². The van der Waals surface area contributed by atoms with E-state index in [1.54, 1.807) is 12.3 Å². The number of fused-ring (bicyclic) bond motifs is 1.